The molecule has 1 atom stereocenters. The predicted octanol–water partition coefficient (Wildman–Crippen LogP) is 2.94. The van der Waals surface area contributed by atoms with E-state index in [4.69, 9.17) is 0 Å². The van der Waals surface area contributed by atoms with Gasteiger partial charge in [-0.15, -0.1) is 0 Å². The van der Waals surface area contributed by atoms with E-state index in [1.54, 1.807) is 6.20 Å². The van der Waals surface area contributed by atoms with Gasteiger partial charge in [0.25, 0.3) is 0 Å². The molecule has 1 aromatic heterocycles. The normalized spacial score (nSPS) is 12.6. The molecule has 1 unspecified atom stereocenters. The fourth-order valence-corrected chi connectivity index (χ4v) is 2.13. The van der Waals surface area contributed by atoms with Gasteiger partial charge < -0.3 is 5.11 Å². The molecule has 96 valence electrons. The standard InChI is InChI=1S/C15H20N2O/c1-3-10-17-14(8-9-16-17)15(18)13-7-5-6-12(4-2)11-13/h5-9,11,15,18H,3-4,10H2,1-2H3. The third-order valence-electron chi connectivity index (χ3n) is 3.14. The van der Waals surface area contributed by atoms with Crippen LogP contribution in [-0.4, -0.2) is 14.9 Å². The largest absolute Gasteiger partial charge is 0.382 e. The van der Waals surface area contributed by atoms with Crippen LogP contribution in [0.25, 0.3) is 0 Å². The van der Waals surface area contributed by atoms with E-state index in [0.29, 0.717) is 0 Å². The average Bonchev–Trinajstić information content (AvgIpc) is 2.86. The van der Waals surface area contributed by atoms with Gasteiger partial charge in [0.05, 0.1) is 5.69 Å². The molecule has 2 aromatic rings. The molecule has 0 spiro atoms. The Labute approximate surface area is 108 Å². The van der Waals surface area contributed by atoms with Gasteiger partial charge in [0.1, 0.15) is 6.10 Å². The fraction of sp³-hybridized carbons (Fsp3) is 0.400. The van der Waals surface area contributed by atoms with Crippen molar-refractivity contribution >= 4 is 0 Å². The molecule has 0 aliphatic rings. The summed E-state index contributed by atoms with van der Waals surface area (Å²) in [5, 5.41) is 14.7. The van der Waals surface area contributed by atoms with Crippen LogP contribution < -0.4 is 0 Å². The van der Waals surface area contributed by atoms with E-state index < -0.39 is 6.10 Å². The summed E-state index contributed by atoms with van der Waals surface area (Å²) in [4.78, 5) is 0. The summed E-state index contributed by atoms with van der Waals surface area (Å²) in [6.07, 6.45) is 3.15. The van der Waals surface area contributed by atoms with Crippen LogP contribution in [0.3, 0.4) is 0 Å². The third kappa shape index (κ3) is 2.62. The Kier molecular flexibility index (Phi) is 4.15. The molecule has 2 rings (SSSR count). The lowest BCUT2D eigenvalue weighted by molar-refractivity contribution is 0.207. The molecule has 0 aliphatic carbocycles. The highest BCUT2D eigenvalue weighted by Gasteiger charge is 2.15. The van der Waals surface area contributed by atoms with Crippen LogP contribution in [0.1, 0.15) is 43.2 Å². The minimum Gasteiger partial charge on any atom is -0.382 e. The molecule has 3 nitrogen and oxygen atoms in total. The van der Waals surface area contributed by atoms with Crippen LogP contribution in [0.5, 0.6) is 0 Å². The van der Waals surface area contributed by atoms with E-state index in [0.717, 1.165) is 30.6 Å². The summed E-state index contributed by atoms with van der Waals surface area (Å²) in [7, 11) is 0. The average molecular weight is 244 g/mol. The van der Waals surface area contributed by atoms with E-state index in [9.17, 15) is 5.11 Å². The lowest BCUT2D eigenvalue weighted by Crippen LogP contribution is -2.10. The topological polar surface area (TPSA) is 38.0 Å². The Balaban J connectivity index is 2.29. The molecule has 18 heavy (non-hydrogen) atoms. The Hall–Kier alpha value is -1.61. The van der Waals surface area contributed by atoms with Crippen molar-refractivity contribution in [3.8, 4) is 0 Å². The zero-order chi connectivity index (χ0) is 13.0. The second-order valence-corrected chi connectivity index (χ2v) is 4.48. The number of benzene rings is 1. The van der Waals surface area contributed by atoms with Crippen molar-refractivity contribution in [1.29, 1.82) is 0 Å². The number of aromatic nitrogens is 2. The first kappa shape index (κ1) is 12.8. The Morgan fingerprint density at radius 3 is 2.83 bits per heavy atom. The number of hydrogen-bond acceptors (Lipinski definition) is 2. The Morgan fingerprint density at radius 1 is 1.28 bits per heavy atom. The second kappa shape index (κ2) is 5.83. The number of rotatable bonds is 5. The van der Waals surface area contributed by atoms with E-state index >= 15 is 0 Å². The number of aliphatic hydroxyl groups is 1. The molecule has 1 aromatic carbocycles. The molecule has 1 heterocycles. The first-order valence-electron chi connectivity index (χ1n) is 6.54. The maximum absolute atomic E-state index is 10.4. The van der Waals surface area contributed by atoms with Gasteiger partial charge >= 0.3 is 0 Å². The molecule has 0 radical (unpaired) electrons. The van der Waals surface area contributed by atoms with E-state index in [1.807, 2.05) is 22.9 Å². The number of aliphatic hydroxyl groups excluding tert-OH is 1. The lowest BCUT2D eigenvalue weighted by Gasteiger charge is -2.14. The van der Waals surface area contributed by atoms with Crippen molar-refractivity contribution in [1.82, 2.24) is 9.78 Å². The van der Waals surface area contributed by atoms with Crippen LogP contribution in [0.2, 0.25) is 0 Å². The van der Waals surface area contributed by atoms with Crippen LogP contribution in [-0.2, 0) is 13.0 Å². The maximum Gasteiger partial charge on any atom is 0.121 e. The van der Waals surface area contributed by atoms with Gasteiger partial charge in [-0.05, 0) is 30.0 Å². The predicted molar refractivity (Wildman–Crippen MR) is 72.4 cm³/mol. The number of aryl methyl sites for hydroxylation is 2. The molecular weight excluding hydrogens is 224 g/mol. The molecule has 0 fully saturated rings. The highest BCUT2D eigenvalue weighted by molar-refractivity contribution is 5.29. The first-order chi connectivity index (χ1) is 8.76. The molecular formula is C15H20N2O. The summed E-state index contributed by atoms with van der Waals surface area (Å²) >= 11 is 0. The fourth-order valence-electron chi connectivity index (χ4n) is 2.13. The van der Waals surface area contributed by atoms with Crippen molar-refractivity contribution in [2.45, 2.75) is 39.3 Å². The van der Waals surface area contributed by atoms with Crippen molar-refractivity contribution in [3.63, 3.8) is 0 Å². The zero-order valence-electron chi connectivity index (χ0n) is 11.0. The van der Waals surface area contributed by atoms with Crippen molar-refractivity contribution in [3.05, 3.63) is 53.3 Å². The zero-order valence-corrected chi connectivity index (χ0v) is 11.0. The van der Waals surface area contributed by atoms with Crippen LogP contribution in [0, 0.1) is 0 Å². The van der Waals surface area contributed by atoms with Crippen LogP contribution in [0.15, 0.2) is 36.5 Å². The van der Waals surface area contributed by atoms with E-state index in [1.165, 1.54) is 5.56 Å². The Bertz CT molecular complexity index is 505. The number of hydrogen-bond donors (Lipinski definition) is 1. The van der Waals surface area contributed by atoms with E-state index in [2.05, 4.69) is 31.1 Å². The van der Waals surface area contributed by atoms with Crippen LogP contribution in [0.4, 0.5) is 0 Å². The summed E-state index contributed by atoms with van der Waals surface area (Å²) in [6, 6.07) is 10.00. The molecule has 0 saturated heterocycles. The van der Waals surface area contributed by atoms with Gasteiger partial charge in [0.15, 0.2) is 0 Å². The van der Waals surface area contributed by atoms with Gasteiger partial charge in [-0.25, -0.2) is 0 Å². The minimum atomic E-state index is -0.592. The van der Waals surface area contributed by atoms with Gasteiger partial charge in [0, 0.05) is 12.7 Å². The summed E-state index contributed by atoms with van der Waals surface area (Å²) in [5.41, 5.74) is 3.05. The first-order valence-corrected chi connectivity index (χ1v) is 6.54. The highest BCUT2D eigenvalue weighted by atomic mass is 16.3. The lowest BCUT2D eigenvalue weighted by atomic mass is 10.0. The molecule has 0 bridgehead atoms. The summed E-state index contributed by atoms with van der Waals surface area (Å²) < 4.78 is 1.88. The second-order valence-electron chi connectivity index (χ2n) is 4.48. The minimum absolute atomic E-state index is 0.592. The van der Waals surface area contributed by atoms with Crippen molar-refractivity contribution < 1.29 is 5.11 Å². The van der Waals surface area contributed by atoms with Crippen molar-refractivity contribution in [2.24, 2.45) is 0 Å². The Morgan fingerprint density at radius 2 is 2.11 bits per heavy atom. The monoisotopic (exact) mass is 244 g/mol. The molecule has 0 saturated carbocycles. The molecule has 0 amide bonds. The molecule has 0 aliphatic heterocycles. The maximum atomic E-state index is 10.4. The smallest absolute Gasteiger partial charge is 0.121 e. The van der Waals surface area contributed by atoms with E-state index in [-0.39, 0.29) is 0 Å². The quantitative estimate of drug-likeness (QED) is 0.878. The van der Waals surface area contributed by atoms with Gasteiger partial charge in [0.2, 0.25) is 0 Å². The van der Waals surface area contributed by atoms with Crippen LogP contribution >= 0.6 is 0 Å². The molecule has 1 N–H and O–H groups in total. The molecule has 3 heteroatoms. The third-order valence-corrected chi connectivity index (χ3v) is 3.14. The van der Waals surface area contributed by atoms with Gasteiger partial charge in [-0.2, -0.15) is 5.10 Å². The van der Waals surface area contributed by atoms with Gasteiger partial charge in [-0.1, -0.05) is 38.1 Å². The summed E-state index contributed by atoms with van der Waals surface area (Å²) in [6.45, 7) is 5.06. The highest BCUT2D eigenvalue weighted by Crippen LogP contribution is 2.22. The summed E-state index contributed by atoms with van der Waals surface area (Å²) in [5.74, 6) is 0. The SMILES string of the molecule is CCCn1nccc1C(O)c1cccc(CC)c1. The number of nitrogens with zero attached hydrogens (tertiary/aromatic N) is 2. The van der Waals surface area contributed by atoms with Gasteiger partial charge in [-0.3, -0.25) is 4.68 Å². The van der Waals surface area contributed by atoms with Crippen molar-refractivity contribution in [2.75, 3.05) is 0 Å².